The molecule has 5 nitrogen and oxygen atoms in total. The maximum Gasteiger partial charge on any atom is 0.303 e. The number of ether oxygens (including phenoxy) is 1. The van der Waals surface area contributed by atoms with E-state index in [1.165, 1.54) is 5.56 Å². The Bertz CT molecular complexity index is 860. The molecule has 2 aromatic carbocycles. The Kier molecular flexibility index (Phi) is 8.46. The molecule has 0 saturated heterocycles. The highest BCUT2D eigenvalue weighted by Crippen LogP contribution is 2.31. The highest BCUT2D eigenvalue weighted by atomic mass is 32.1. The molecule has 2 N–H and O–H groups in total. The van der Waals surface area contributed by atoms with E-state index in [1.807, 2.05) is 30.3 Å². The molecule has 154 valence electrons. The number of aliphatic carboxylic acids is 1. The van der Waals surface area contributed by atoms with Gasteiger partial charge in [-0.25, -0.2) is 4.98 Å². The number of unbranched alkanes of at least 4 members (excludes halogenated alkanes) is 4. The summed E-state index contributed by atoms with van der Waals surface area (Å²) in [6.07, 6.45) is 6.50. The van der Waals surface area contributed by atoms with E-state index in [2.05, 4.69) is 28.5 Å². The van der Waals surface area contributed by atoms with Gasteiger partial charge in [0.15, 0.2) is 0 Å². The lowest BCUT2D eigenvalue weighted by Crippen LogP contribution is -2.18. The number of rotatable bonds is 13. The third-order valence-electron chi connectivity index (χ3n) is 4.74. The molecule has 3 rings (SSSR count). The summed E-state index contributed by atoms with van der Waals surface area (Å²) in [7, 11) is 0. The molecule has 0 bridgehead atoms. The third kappa shape index (κ3) is 7.48. The smallest absolute Gasteiger partial charge is 0.303 e. The molecule has 0 aliphatic carbocycles. The summed E-state index contributed by atoms with van der Waals surface area (Å²) in [6.45, 7) is 1.97. The topological polar surface area (TPSA) is 71.5 Å². The van der Waals surface area contributed by atoms with Gasteiger partial charge in [-0.15, -0.1) is 0 Å². The predicted molar refractivity (Wildman–Crippen MR) is 118 cm³/mol. The molecular weight excluding hydrogens is 384 g/mol. The molecule has 0 aliphatic rings. The quantitative estimate of drug-likeness (QED) is 0.355. The number of fused-ring (bicyclic) bond motifs is 1. The van der Waals surface area contributed by atoms with E-state index in [0.717, 1.165) is 67.6 Å². The maximum absolute atomic E-state index is 10.4. The van der Waals surface area contributed by atoms with Gasteiger partial charge < -0.3 is 15.2 Å². The van der Waals surface area contributed by atoms with Crippen LogP contribution in [0.25, 0.3) is 10.2 Å². The summed E-state index contributed by atoms with van der Waals surface area (Å²) in [5, 5.41) is 12.7. The lowest BCUT2D eigenvalue weighted by molar-refractivity contribution is -0.137. The van der Waals surface area contributed by atoms with Crippen LogP contribution in [0.15, 0.2) is 48.5 Å². The van der Waals surface area contributed by atoms with Gasteiger partial charge in [-0.3, -0.25) is 4.79 Å². The lowest BCUT2D eigenvalue weighted by Gasteiger charge is -2.06. The number of carbonyl (C=O) groups is 1. The third-order valence-corrected chi connectivity index (χ3v) is 5.65. The molecule has 0 radical (unpaired) electrons. The van der Waals surface area contributed by atoms with Crippen molar-refractivity contribution in [1.82, 2.24) is 10.3 Å². The van der Waals surface area contributed by atoms with Crippen molar-refractivity contribution in [3.05, 3.63) is 54.1 Å². The van der Waals surface area contributed by atoms with Crippen molar-refractivity contribution in [2.75, 3.05) is 13.1 Å². The minimum absolute atomic E-state index is 0.294. The fraction of sp³-hybridized carbons (Fsp3) is 0.391. The summed E-state index contributed by atoms with van der Waals surface area (Å²) in [4.78, 5) is 14.9. The zero-order valence-electron chi connectivity index (χ0n) is 16.6. The number of thiazole rings is 1. The van der Waals surface area contributed by atoms with Crippen LogP contribution in [0, 0.1) is 0 Å². The van der Waals surface area contributed by atoms with Crippen LogP contribution in [-0.4, -0.2) is 29.1 Å². The maximum atomic E-state index is 10.4. The molecule has 3 aromatic rings. The Morgan fingerprint density at radius 3 is 2.52 bits per heavy atom. The van der Waals surface area contributed by atoms with Gasteiger partial charge in [-0.2, -0.15) is 0 Å². The molecule has 6 heteroatoms. The molecule has 0 fully saturated rings. The Morgan fingerprint density at radius 1 is 0.966 bits per heavy atom. The first-order valence-electron chi connectivity index (χ1n) is 10.3. The van der Waals surface area contributed by atoms with Gasteiger partial charge in [0.05, 0.1) is 10.2 Å². The minimum atomic E-state index is -0.692. The average molecular weight is 413 g/mol. The summed E-state index contributed by atoms with van der Waals surface area (Å²) in [6, 6.07) is 16.2. The van der Waals surface area contributed by atoms with Crippen molar-refractivity contribution < 1.29 is 14.6 Å². The van der Waals surface area contributed by atoms with Crippen molar-refractivity contribution in [3.63, 3.8) is 0 Å². The Morgan fingerprint density at radius 2 is 1.72 bits per heavy atom. The van der Waals surface area contributed by atoms with Crippen LogP contribution in [0.4, 0.5) is 0 Å². The lowest BCUT2D eigenvalue weighted by atomic mass is 10.1. The summed E-state index contributed by atoms with van der Waals surface area (Å²) in [5.74, 6) is 0.117. The first kappa shape index (κ1) is 21.3. The van der Waals surface area contributed by atoms with Crippen LogP contribution < -0.4 is 10.1 Å². The number of carboxylic acid groups (broad SMARTS) is 1. The zero-order chi connectivity index (χ0) is 20.3. The number of hydrogen-bond donors (Lipinski definition) is 2. The van der Waals surface area contributed by atoms with E-state index in [9.17, 15) is 4.79 Å². The van der Waals surface area contributed by atoms with E-state index < -0.39 is 5.97 Å². The second-order valence-corrected chi connectivity index (χ2v) is 8.10. The molecule has 1 heterocycles. The first-order valence-corrected chi connectivity index (χ1v) is 11.1. The predicted octanol–water partition coefficient (Wildman–Crippen LogP) is 5.65. The molecule has 29 heavy (non-hydrogen) atoms. The molecule has 0 aliphatic heterocycles. The number of benzene rings is 2. The number of nitrogens with one attached hydrogen (secondary N) is 1. The summed E-state index contributed by atoms with van der Waals surface area (Å²) >= 11 is 1.56. The highest BCUT2D eigenvalue weighted by molar-refractivity contribution is 7.20. The van der Waals surface area contributed by atoms with Crippen molar-refractivity contribution in [2.45, 2.75) is 44.9 Å². The van der Waals surface area contributed by atoms with Crippen molar-refractivity contribution in [3.8, 4) is 10.9 Å². The van der Waals surface area contributed by atoms with E-state index >= 15 is 0 Å². The molecule has 0 spiro atoms. The van der Waals surface area contributed by atoms with E-state index in [1.54, 1.807) is 11.3 Å². The van der Waals surface area contributed by atoms with Crippen LogP contribution in [0.5, 0.6) is 10.9 Å². The second kappa shape index (κ2) is 11.5. The van der Waals surface area contributed by atoms with Gasteiger partial charge in [-0.1, -0.05) is 54.9 Å². The van der Waals surface area contributed by atoms with E-state index in [4.69, 9.17) is 9.84 Å². The molecule has 0 atom stereocenters. The van der Waals surface area contributed by atoms with Gasteiger partial charge in [0.2, 0.25) is 0 Å². The Hall–Kier alpha value is -2.44. The number of para-hydroxylation sites is 1. The highest BCUT2D eigenvalue weighted by Gasteiger charge is 2.05. The van der Waals surface area contributed by atoms with Gasteiger partial charge in [0, 0.05) is 6.42 Å². The average Bonchev–Trinajstić information content (AvgIpc) is 3.12. The zero-order valence-corrected chi connectivity index (χ0v) is 17.4. The fourth-order valence-electron chi connectivity index (χ4n) is 3.13. The van der Waals surface area contributed by atoms with E-state index in [0.29, 0.717) is 11.6 Å². The Labute approximate surface area is 175 Å². The van der Waals surface area contributed by atoms with Gasteiger partial charge in [-0.05, 0) is 62.2 Å². The standard InChI is InChI=1S/C23H28N2O3S/c26-22(27)10-4-2-1-3-7-16-24-17-15-18-11-13-19(14-12-18)28-23-25-20-8-5-6-9-21(20)29-23/h5-6,8-9,11-14,24H,1-4,7,10,15-17H2,(H,26,27). The van der Waals surface area contributed by atoms with Crippen LogP contribution in [0.2, 0.25) is 0 Å². The van der Waals surface area contributed by atoms with Crippen LogP contribution in [0.1, 0.15) is 44.1 Å². The molecule has 0 saturated carbocycles. The number of nitrogens with zero attached hydrogens (tertiary/aromatic N) is 1. The summed E-state index contributed by atoms with van der Waals surface area (Å²) < 4.78 is 7.02. The normalized spacial score (nSPS) is 11.0. The summed E-state index contributed by atoms with van der Waals surface area (Å²) in [5.41, 5.74) is 2.25. The second-order valence-electron chi connectivity index (χ2n) is 7.11. The fourth-order valence-corrected chi connectivity index (χ4v) is 3.97. The number of aromatic nitrogens is 1. The largest absolute Gasteiger partial charge is 0.481 e. The van der Waals surface area contributed by atoms with Crippen LogP contribution in [0.3, 0.4) is 0 Å². The van der Waals surface area contributed by atoms with Gasteiger partial charge in [0.1, 0.15) is 5.75 Å². The van der Waals surface area contributed by atoms with Crippen molar-refractivity contribution in [1.29, 1.82) is 0 Å². The minimum Gasteiger partial charge on any atom is -0.481 e. The first-order chi connectivity index (χ1) is 14.2. The van der Waals surface area contributed by atoms with Crippen LogP contribution >= 0.6 is 11.3 Å². The van der Waals surface area contributed by atoms with Crippen LogP contribution in [-0.2, 0) is 11.2 Å². The van der Waals surface area contributed by atoms with Crippen molar-refractivity contribution in [2.24, 2.45) is 0 Å². The molecule has 1 aromatic heterocycles. The number of hydrogen-bond acceptors (Lipinski definition) is 5. The monoisotopic (exact) mass is 412 g/mol. The molecule has 0 unspecified atom stereocenters. The van der Waals surface area contributed by atoms with Gasteiger partial charge >= 0.3 is 5.97 Å². The Balaban J connectivity index is 1.29. The molecule has 0 amide bonds. The van der Waals surface area contributed by atoms with Crippen molar-refractivity contribution >= 4 is 27.5 Å². The van der Waals surface area contributed by atoms with E-state index in [-0.39, 0.29) is 0 Å². The molecular formula is C23H28N2O3S. The SMILES string of the molecule is O=C(O)CCCCCCCNCCc1ccc(Oc2nc3ccccc3s2)cc1. The number of carboxylic acids is 1. The van der Waals surface area contributed by atoms with Gasteiger partial charge in [0.25, 0.3) is 5.19 Å².